The van der Waals surface area contributed by atoms with E-state index in [2.05, 4.69) is 0 Å². The van der Waals surface area contributed by atoms with Crippen molar-refractivity contribution in [1.82, 2.24) is 0 Å². The molecule has 0 aliphatic rings. The maximum absolute atomic E-state index is 12.2. The van der Waals surface area contributed by atoms with Gasteiger partial charge in [-0.25, -0.2) is 9.59 Å². The summed E-state index contributed by atoms with van der Waals surface area (Å²) in [6.07, 6.45) is 0. The quantitative estimate of drug-likeness (QED) is 0.666. The summed E-state index contributed by atoms with van der Waals surface area (Å²) in [5, 5.41) is 18.4. The van der Waals surface area contributed by atoms with E-state index in [1.807, 2.05) is 0 Å². The second-order valence-corrected chi connectivity index (χ2v) is 4.46. The van der Waals surface area contributed by atoms with Crippen molar-refractivity contribution in [3.05, 3.63) is 64.7 Å². The molecule has 0 spiro atoms. The summed E-state index contributed by atoms with van der Waals surface area (Å²) in [6, 6.07) is 11.1. The zero-order valence-corrected chi connectivity index (χ0v) is 11.4. The summed E-state index contributed by atoms with van der Waals surface area (Å²) in [6.45, 7) is 1.36. The van der Waals surface area contributed by atoms with Gasteiger partial charge in [-0.3, -0.25) is 0 Å². The number of carbonyl (C=O) groups excluding carboxylic acids is 1. The predicted molar refractivity (Wildman–Crippen MR) is 75.5 cm³/mol. The SMILES string of the molecule is Cc1cccc(C(=O)O)c1OC(=O)c1ccccc1CO. The Bertz CT molecular complexity index is 691. The average Bonchev–Trinajstić information content (AvgIpc) is 2.48. The lowest BCUT2D eigenvalue weighted by Crippen LogP contribution is -2.14. The number of rotatable bonds is 4. The van der Waals surface area contributed by atoms with Crippen LogP contribution in [0.2, 0.25) is 0 Å². The maximum Gasteiger partial charge on any atom is 0.343 e. The standard InChI is InChI=1S/C16H14O5/c1-10-5-4-8-13(15(18)19)14(10)21-16(20)12-7-3-2-6-11(12)9-17/h2-8,17H,9H2,1H3,(H,18,19). The van der Waals surface area contributed by atoms with Crippen LogP contribution in [0.1, 0.15) is 31.8 Å². The number of ether oxygens (including phenoxy) is 1. The molecule has 0 fully saturated rings. The average molecular weight is 286 g/mol. The molecule has 0 radical (unpaired) electrons. The summed E-state index contributed by atoms with van der Waals surface area (Å²) in [5.74, 6) is -1.85. The Morgan fingerprint density at radius 3 is 2.38 bits per heavy atom. The number of aromatic carboxylic acids is 1. The number of hydrogen-bond acceptors (Lipinski definition) is 4. The summed E-state index contributed by atoms with van der Waals surface area (Å²) >= 11 is 0. The third-order valence-electron chi connectivity index (χ3n) is 3.04. The third kappa shape index (κ3) is 3.09. The number of carbonyl (C=O) groups is 2. The summed E-state index contributed by atoms with van der Waals surface area (Å²) in [5.41, 5.74) is 1.10. The van der Waals surface area contributed by atoms with Crippen molar-refractivity contribution in [2.24, 2.45) is 0 Å². The van der Waals surface area contributed by atoms with E-state index < -0.39 is 11.9 Å². The summed E-state index contributed by atoms with van der Waals surface area (Å²) in [7, 11) is 0. The molecule has 0 bridgehead atoms. The molecule has 0 unspecified atom stereocenters. The van der Waals surface area contributed by atoms with E-state index in [1.165, 1.54) is 12.1 Å². The first-order chi connectivity index (χ1) is 10.0. The lowest BCUT2D eigenvalue weighted by molar-refractivity contribution is 0.0680. The highest BCUT2D eigenvalue weighted by Crippen LogP contribution is 2.25. The molecule has 21 heavy (non-hydrogen) atoms. The molecule has 0 aliphatic heterocycles. The highest BCUT2D eigenvalue weighted by Gasteiger charge is 2.19. The van der Waals surface area contributed by atoms with Gasteiger partial charge in [-0.2, -0.15) is 0 Å². The molecule has 0 aromatic heterocycles. The molecule has 5 heteroatoms. The highest BCUT2D eigenvalue weighted by atomic mass is 16.5. The van der Waals surface area contributed by atoms with Gasteiger partial charge in [-0.05, 0) is 30.2 Å². The van der Waals surface area contributed by atoms with Gasteiger partial charge in [0.25, 0.3) is 0 Å². The van der Waals surface area contributed by atoms with Crippen LogP contribution in [0.5, 0.6) is 5.75 Å². The van der Waals surface area contributed by atoms with Gasteiger partial charge in [0, 0.05) is 0 Å². The van der Waals surface area contributed by atoms with Gasteiger partial charge in [0.2, 0.25) is 0 Å². The van der Waals surface area contributed by atoms with Crippen molar-refractivity contribution in [3.8, 4) is 5.75 Å². The predicted octanol–water partition coefficient (Wildman–Crippen LogP) is 2.40. The molecule has 2 aromatic carbocycles. The Morgan fingerprint density at radius 2 is 1.71 bits per heavy atom. The third-order valence-corrected chi connectivity index (χ3v) is 3.04. The number of benzene rings is 2. The van der Waals surface area contributed by atoms with Gasteiger partial charge in [-0.15, -0.1) is 0 Å². The first-order valence-corrected chi connectivity index (χ1v) is 6.28. The molecular weight excluding hydrogens is 272 g/mol. The van der Waals surface area contributed by atoms with Gasteiger partial charge < -0.3 is 14.9 Å². The Kier molecular flexibility index (Phi) is 4.35. The second-order valence-electron chi connectivity index (χ2n) is 4.46. The van der Waals surface area contributed by atoms with Crippen molar-refractivity contribution >= 4 is 11.9 Å². The van der Waals surface area contributed by atoms with Gasteiger partial charge in [0.15, 0.2) is 0 Å². The monoisotopic (exact) mass is 286 g/mol. The minimum absolute atomic E-state index is 0.0164. The smallest absolute Gasteiger partial charge is 0.343 e. The van der Waals surface area contributed by atoms with Crippen LogP contribution in [0, 0.1) is 6.92 Å². The number of carboxylic acids is 1. The Labute approximate surface area is 121 Å². The molecule has 0 atom stereocenters. The van der Waals surface area contributed by atoms with Crippen LogP contribution >= 0.6 is 0 Å². The largest absolute Gasteiger partial charge is 0.478 e. The highest BCUT2D eigenvalue weighted by molar-refractivity contribution is 5.96. The first kappa shape index (κ1) is 14.7. The van der Waals surface area contributed by atoms with E-state index in [9.17, 15) is 14.7 Å². The normalized spacial score (nSPS) is 10.2. The molecular formula is C16H14O5. The van der Waals surface area contributed by atoms with Crippen LogP contribution in [0.4, 0.5) is 0 Å². The molecule has 0 saturated heterocycles. The van der Waals surface area contributed by atoms with Gasteiger partial charge in [-0.1, -0.05) is 30.3 Å². The topological polar surface area (TPSA) is 83.8 Å². The fourth-order valence-electron chi connectivity index (χ4n) is 1.96. The molecule has 0 amide bonds. The van der Waals surface area contributed by atoms with E-state index in [4.69, 9.17) is 9.84 Å². The second kappa shape index (κ2) is 6.19. The molecule has 5 nitrogen and oxygen atoms in total. The fourth-order valence-corrected chi connectivity index (χ4v) is 1.96. The van der Waals surface area contributed by atoms with E-state index in [0.29, 0.717) is 11.1 Å². The van der Waals surface area contributed by atoms with Crippen LogP contribution in [-0.2, 0) is 6.61 Å². The van der Waals surface area contributed by atoms with Crippen molar-refractivity contribution in [2.75, 3.05) is 0 Å². The minimum atomic E-state index is -1.17. The number of aliphatic hydroxyl groups excluding tert-OH is 1. The number of hydrogen-bond donors (Lipinski definition) is 2. The van der Waals surface area contributed by atoms with Crippen LogP contribution in [0.15, 0.2) is 42.5 Å². The van der Waals surface area contributed by atoms with E-state index in [0.717, 1.165) is 0 Å². The number of para-hydroxylation sites is 1. The van der Waals surface area contributed by atoms with Crippen molar-refractivity contribution < 1.29 is 24.5 Å². The minimum Gasteiger partial charge on any atom is -0.478 e. The molecule has 2 aromatic rings. The summed E-state index contributed by atoms with van der Waals surface area (Å²) < 4.78 is 5.24. The Balaban J connectivity index is 2.38. The number of aliphatic hydroxyl groups is 1. The van der Waals surface area contributed by atoms with Crippen molar-refractivity contribution in [1.29, 1.82) is 0 Å². The zero-order valence-electron chi connectivity index (χ0n) is 11.4. The molecule has 2 rings (SSSR count). The van der Waals surface area contributed by atoms with Crippen LogP contribution in [0.25, 0.3) is 0 Å². The van der Waals surface area contributed by atoms with E-state index >= 15 is 0 Å². The lowest BCUT2D eigenvalue weighted by Gasteiger charge is -2.11. The molecule has 0 heterocycles. The van der Waals surface area contributed by atoms with E-state index in [1.54, 1.807) is 37.3 Å². The van der Waals surface area contributed by atoms with Gasteiger partial charge in [0.1, 0.15) is 11.3 Å². The van der Waals surface area contributed by atoms with Crippen LogP contribution < -0.4 is 4.74 Å². The van der Waals surface area contributed by atoms with Gasteiger partial charge >= 0.3 is 11.9 Å². The van der Waals surface area contributed by atoms with E-state index in [-0.39, 0.29) is 23.5 Å². The molecule has 0 aliphatic carbocycles. The number of aryl methyl sites for hydroxylation is 1. The molecule has 0 saturated carbocycles. The van der Waals surface area contributed by atoms with Crippen LogP contribution in [-0.4, -0.2) is 22.2 Å². The van der Waals surface area contributed by atoms with Crippen molar-refractivity contribution in [2.45, 2.75) is 13.5 Å². The Morgan fingerprint density at radius 1 is 1.05 bits per heavy atom. The zero-order chi connectivity index (χ0) is 15.4. The Hall–Kier alpha value is -2.66. The van der Waals surface area contributed by atoms with Crippen molar-refractivity contribution in [3.63, 3.8) is 0 Å². The lowest BCUT2D eigenvalue weighted by atomic mass is 10.1. The van der Waals surface area contributed by atoms with Gasteiger partial charge in [0.05, 0.1) is 12.2 Å². The molecule has 2 N–H and O–H groups in total. The fraction of sp³-hybridized carbons (Fsp3) is 0.125. The summed E-state index contributed by atoms with van der Waals surface area (Å²) in [4.78, 5) is 23.4. The first-order valence-electron chi connectivity index (χ1n) is 6.28. The number of esters is 1. The molecule has 108 valence electrons. The van der Waals surface area contributed by atoms with Crippen LogP contribution in [0.3, 0.4) is 0 Å². The maximum atomic E-state index is 12.2. The number of carboxylic acid groups (broad SMARTS) is 1.